The maximum atomic E-state index is 6.20. The van der Waals surface area contributed by atoms with Gasteiger partial charge in [-0.15, -0.1) is 0 Å². The molecule has 2 aromatic rings. The summed E-state index contributed by atoms with van der Waals surface area (Å²) in [5.74, 6) is 0. The van der Waals surface area contributed by atoms with E-state index in [9.17, 15) is 0 Å². The number of aromatic nitrogens is 2. The summed E-state index contributed by atoms with van der Waals surface area (Å²) in [4.78, 5) is 2.41. The summed E-state index contributed by atoms with van der Waals surface area (Å²) >= 11 is 0. The van der Waals surface area contributed by atoms with E-state index in [1.54, 1.807) is 0 Å². The highest BCUT2D eigenvalue weighted by molar-refractivity contribution is 5.13. The summed E-state index contributed by atoms with van der Waals surface area (Å²) in [5.41, 5.74) is 2.24. The molecule has 0 bridgehead atoms. The highest BCUT2D eigenvalue weighted by atomic mass is 16.5. The molecule has 0 spiro atoms. The lowest BCUT2D eigenvalue weighted by molar-refractivity contribution is -0.0252. The van der Waals surface area contributed by atoms with Gasteiger partial charge in [0.05, 0.1) is 38.2 Å². The van der Waals surface area contributed by atoms with E-state index in [0.29, 0.717) is 6.61 Å². The number of ether oxygens (including phenoxy) is 2. The van der Waals surface area contributed by atoms with E-state index in [1.165, 1.54) is 5.56 Å². The minimum Gasteiger partial charge on any atom is -0.379 e. The zero-order chi connectivity index (χ0) is 15.9. The van der Waals surface area contributed by atoms with Crippen LogP contribution in [0, 0.1) is 6.92 Å². The van der Waals surface area contributed by atoms with Gasteiger partial charge in [0.25, 0.3) is 0 Å². The van der Waals surface area contributed by atoms with Gasteiger partial charge in [0, 0.05) is 25.8 Å². The van der Waals surface area contributed by atoms with Crippen molar-refractivity contribution < 1.29 is 9.47 Å². The molecule has 5 heteroatoms. The van der Waals surface area contributed by atoms with Crippen molar-refractivity contribution in [1.29, 1.82) is 0 Å². The zero-order valence-electron chi connectivity index (χ0n) is 13.7. The first-order chi connectivity index (χ1) is 11.3. The molecule has 5 nitrogen and oxygen atoms in total. The Bertz CT molecular complexity index is 579. The fourth-order valence-electron chi connectivity index (χ4n) is 2.80. The lowest BCUT2D eigenvalue weighted by Gasteiger charge is -2.30. The molecule has 0 amide bonds. The Hall–Kier alpha value is -1.69. The molecule has 23 heavy (non-hydrogen) atoms. The van der Waals surface area contributed by atoms with E-state index in [-0.39, 0.29) is 6.10 Å². The normalized spacial score (nSPS) is 17.3. The van der Waals surface area contributed by atoms with Crippen molar-refractivity contribution >= 4 is 0 Å². The van der Waals surface area contributed by atoms with E-state index in [4.69, 9.17) is 9.47 Å². The van der Waals surface area contributed by atoms with Gasteiger partial charge in [0.1, 0.15) is 0 Å². The van der Waals surface area contributed by atoms with E-state index in [0.717, 1.165) is 45.1 Å². The molecule has 3 rings (SSSR count). The number of hydrogen-bond donors (Lipinski definition) is 0. The van der Waals surface area contributed by atoms with Crippen molar-refractivity contribution in [1.82, 2.24) is 14.7 Å². The average Bonchev–Trinajstić information content (AvgIpc) is 2.99. The maximum absolute atomic E-state index is 6.20. The van der Waals surface area contributed by atoms with Gasteiger partial charge < -0.3 is 9.47 Å². The van der Waals surface area contributed by atoms with Crippen LogP contribution in [0.25, 0.3) is 0 Å². The number of rotatable bonds is 7. The van der Waals surface area contributed by atoms with Crippen LogP contribution in [0.1, 0.15) is 11.3 Å². The largest absolute Gasteiger partial charge is 0.379 e. The molecule has 124 valence electrons. The Morgan fingerprint density at radius 1 is 1.13 bits per heavy atom. The summed E-state index contributed by atoms with van der Waals surface area (Å²) in [6, 6.07) is 12.4. The average molecular weight is 315 g/mol. The number of hydrogen-bond acceptors (Lipinski definition) is 4. The molecule has 1 aliphatic rings. The minimum absolute atomic E-state index is 0.118. The third kappa shape index (κ3) is 5.16. The van der Waals surface area contributed by atoms with Gasteiger partial charge >= 0.3 is 0 Å². The lowest BCUT2D eigenvalue weighted by Crippen LogP contribution is -2.43. The molecule has 1 aliphatic heterocycles. The van der Waals surface area contributed by atoms with E-state index < -0.39 is 0 Å². The molecule has 1 aromatic heterocycles. The Morgan fingerprint density at radius 2 is 1.91 bits per heavy atom. The van der Waals surface area contributed by atoms with Gasteiger partial charge in [-0.3, -0.25) is 9.58 Å². The van der Waals surface area contributed by atoms with E-state index in [1.807, 2.05) is 42.1 Å². The van der Waals surface area contributed by atoms with Crippen molar-refractivity contribution in [2.45, 2.75) is 26.2 Å². The molecule has 0 radical (unpaired) electrons. The predicted molar refractivity (Wildman–Crippen MR) is 89.2 cm³/mol. The number of benzene rings is 1. The van der Waals surface area contributed by atoms with Crippen LogP contribution in [0.4, 0.5) is 0 Å². The second kappa shape index (κ2) is 8.24. The quantitative estimate of drug-likeness (QED) is 0.784. The minimum atomic E-state index is 0.118. The van der Waals surface area contributed by atoms with Gasteiger partial charge in [0.15, 0.2) is 0 Å². The summed E-state index contributed by atoms with van der Waals surface area (Å²) in [7, 11) is 0. The van der Waals surface area contributed by atoms with Crippen LogP contribution in [-0.2, 0) is 22.6 Å². The molecule has 0 N–H and O–H groups in total. The van der Waals surface area contributed by atoms with Crippen LogP contribution < -0.4 is 0 Å². The molecule has 1 aromatic carbocycles. The number of nitrogens with zero attached hydrogens (tertiary/aromatic N) is 3. The summed E-state index contributed by atoms with van der Waals surface area (Å²) in [6.07, 6.45) is 2.14. The summed E-state index contributed by atoms with van der Waals surface area (Å²) < 4.78 is 13.6. The van der Waals surface area contributed by atoms with Crippen molar-refractivity contribution in [3.63, 3.8) is 0 Å². The van der Waals surface area contributed by atoms with Crippen molar-refractivity contribution in [3.05, 3.63) is 53.9 Å². The topological polar surface area (TPSA) is 39.5 Å². The zero-order valence-corrected chi connectivity index (χ0v) is 13.7. The third-order valence-electron chi connectivity index (χ3n) is 4.06. The monoisotopic (exact) mass is 315 g/mol. The molecular formula is C18H25N3O2. The SMILES string of the molecule is Cc1ccn(CC(CN2CCOCC2)OCc2ccccc2)n1. The van der Waals surface area contributed by atoms with Crippen LogP contribution >= 0.6 is 0 Å². The van der Waals surface area contributed by atoms with Gasteiger partial charge in [-0.1, -0.05) is 30.3 Å². The van der Waals surface area contributed by atoms with Gasteiger partial charge in [-0.25, -0.2) is 0 Å². The summed E-state index contributed by atoms with van der Waals surface area (Å²) in [5, 5.41) is 4.49. The van der Waals surface area contributed by atoms with Crippen LogP contribution in [0.15, 0.2) is 42.6 Å². The first-order valence-electron chi connectivity index (χ1n) is 8.25. The maximum Gasteiger partial charge on any atom is 0.0902 e. The number of morpholine rings is 1. The summed E-state index contributed by atoms with van der Waals surface area (Å²) in [6.45, 7) is 7.91. The van der Waals surface area contributed by atoms with Crippen LogP contribution in [0.3, 0.4) is 0 Å². The van der Waals surface area contributed by atoms with Gasteiger partial charge in [-0.2, -0.15) is 5.10 Å². The van der Waals surface area contributed by atoms with Crippen LogP contribution in [-0.4, -0.2) is 53.6 Å². The highest BCUT2D eigenvalue weighted by Crippen LogP contribution is 2.09. The number of aryl methyl sites for hydroxylation is 1. The Balaban J connectivity index is 1.59. The predicted octanol–water partition coefficient (Wildman–Crippen LogP) is 2.11. The molecule has 1 unspecified atom stereocenters. The second-order valence-electron chi connectivity index (χ2n) is 6.01. The first-order valence-corrected chi connectivity index (χ1v) is 8.25. The Morgan fingerprint density at radius 3 is 2.61 bits per heavy atom. The van der Waals surface area contributed by atoms with E-state index >= 15 is 0 Å². The molecular weight excluding hydrogens is 290 g/mol. The van der Waals surface area contributed by atoms with Crippen LogP contribution in [0.2, 0.25) is 0 Å². The molecule has 2 heterocycles. The third-order valence-corrected chi connectivity index (χ3v) is 4.06. The van der Waals surface area contributed by atoms with Crippen LogP contribution in [0.5, 0.6) is 0 Å². The Labute approximate surface area is 137 Å². The molecule has 0 saturated carbocycles. The fourth-order valence-corrected chi connectivity index (χ4v) is 2.80. The Kier molecular flexibility index (Phi) is 5.80. The highest BCUT2D eigenvalue weighted by Gasteiger charge is 2.18. The van der Waals surface area contributed by atoms with Crippen molar-refractivity contribution in [2.75, 3.05) is 32.8 Å². The first kappa shape index (κ1) is 16.2. The van der Waals surface area contributed by atoms with Crippen molar-refractivity contribution in [2.24, 2.45) is 0 Å². The fraction of sp³-hybridized carbons (Fsp3) is 0.500. The second-order valence-corrected chi connectivity index (χ2v) is 6.01. The van der Waals surface area contributed by atoms with Gasteiger partial charge in [-0.05, 0) is 18.6 Å². The molecule has 1 atom stereocenters. The molecule has 1 fully saturated rings. The standard InChI is InChI=1S/C18H25N3O2/c1-16-7-8-21(19-16)14-18(13-20-9-11-22-12-10-20)23-15-17-5-3-2-4-6-17/h2-8,18H,9-15H2,1H3. The molecule has 1 saturated heterocycles. The molecule has 0 aliphatic carbocycles. The van der Waals surface area contributed by atoms with Crippen molar-refractivity contribution in [3.8, 4) is 0 Å². The van der Waals surface area contributed by atoms with E-state index in [2.05, 4.69) is 22.1 Å². The lowest BCUT2D eigenvalue weighted by atomic mass is 10.2. The smallest absolute Gasteiger partial charge is 0.0902 e. The van der Waals surface area contributed by atoms with Gasteiger partial charge in [0.2, 0.25) is 0 Å².